The molecule has 0 spiro atoms. The molecular formula is C16H16ClN3O2S. The topological polar surface area (TPSA) is 67.3 Å². The van der Waals surface area contributed by atoms with E-state index >= 15 is 0 Å². The van der Waals surface area contributed by atoms with E-state index in [9.17, 15) is 5.11 Å². The predicted octanol–water partition coefficient (Wildman–Crippen LogP) is 4.55. The Balaban J connectivity index is 2.11. The average molecular weight is 350 g/mol. The third-order valence-electron chi connectivity index (χ3n) is 3.24. The first-order valence-corrected chi connectivity index (χ1v) is 8.28. The molecule has 0 unspecified atom stereocenters. The molecule has 2 N–H and O–H groups in total. The molecule has 2 heterocycles. The summed E-state index contributed by atoms with van der Waals surface area (Å²) in [5.74, 6) is 0.808. The molecule has 0 radical (unpaired) electrons. The number of nitrogens with zero attached hydrogens (tertiary/aromatic N) is 2. The van der Waals surface area contributed by atoms with Gasteiger partial charge in [-0.1, -0.05) is 22.9 Å². The molecule has 3 rings (SSSR count). The van der Waals surface area contributed by atoms with Crippen LogP contribution in [0.1, 0.15) is 13.8 Å². The SMILES string of the molecule is COc1ccc2c(O)cc(-c3nc(NC(C)C)sc3Cl)nc2c1. The van der Waals surface area contributed by atoms with Crippen LogP contribution in [-0.2, 0) is 0 Å². The summed E-state index contributed by atoms with van der Waals surface area (Å²) in [4.78, 5) is 9.04. The molecule has 0 saturated carbocycles. The van der Waals surface area contributed by atoms with Gasteiger partial charge in [0, 0.05) is 23.6 Å². The highest BCUT2D eigenvalue weighted by molar-refractivity contribution is 7.20. The first kappa shape index (κ1) is 15.8. The van der Waals surface area contributed by atoms with Gasteiger partial charge in [-0.25, -0.2) is 9.97 Å². The van der Waals surface area contributed by atoms with Gasteiger partial charge in [-0.15, -0.1) is 0 Å². The molecule has 5 nitrogen and oxygen atoms in total. The van der Waals surface area contributed by atoms with Crippen molar-refractivity contribution in [3.05, 3.63) is 28.6 Å². The average Bonchev–Trinajstić information content (AvgIpc) is 2.86. The van der Waals surface area contributed by atoms with Gasteiger partial charge in [0.2, 0.25) is 0 Å². The fourth-order valence-electron chi connectivity index (χ4n) is 2.21. The first-order valence-electron chi connectivity index (χ1n) is 7.09. The van der Waals surface area contributed by atoms with E-state index in [-0.39, 0.29) is 11.8 Å². The van der Waals surface area contributed by atoms with Crippen LogP contribution >= 0.6 is 22.9 Å². The van der Waals surface area contributed by atoms with Crippen LogP contribution < -0.4 is 10.1 Å². The maximum atomic E-state index is 10.3. The van der Waals surface area contributed by atoms with Crippen LogP contribution in [0.3, 0.4) is 0 Å². The normalized spacial score (nSPS) is 11.2. The number of ether oxygens (including phenoxy) is 1. The molecule has 3 aromatic rings. The smallest absolute Gasteiger partial charge is 0.184 e. The molecule has 23 heavy (non-hydrogen) atoms. The maximum absolute atomic E-state index is 10.3. The standard InChI is InChI=1S/C16H16ClN3O2S/c1-8(2)18-16-20-14(15(17)23-16)12-7-13(21)10-5-4-9(22-3)6-11(10)19-12/h4-8H,1-3H3,(H,18,20)(H,19,21). The Labute approximate surface area is 142 Å². The van der Waals surface area contributed by atoms with Crippen molar-refractivity contribution < 1.29 is 9.84 Å². The summed E-state index contributed by atoms with van der Waals surface area (Å²) in [5.41, 5.74) is 1.71. The molecule has 0 bridgehead atoms. The van der Waals surface area contributed by atoms with Crippen molar-refractivity contribution in [2.75, 3.05) is 12.4 Å². The fraction of sp³-hybridized carbons (Fsp3) is 0.250. The van der Waals surface area contributed by atoms with Gasteiger partial charge in [-0.05, 0) is 26.0 Å². The van der Waals surface area contributed by atoms with Gasteiger partial charge in [0.15, 0.2) is 5.13 Å². The molecule has 120 valence electrons. The van der Waals surface area contributed by atoms with E-state index in [0.717, 1.165) is 5.13 Å². The zero-order valence-electron chi connectivity index (χ0n) is 12.9. The van der Waals surface area contributed by atoms with Gasteiger partial charge < -0.3 is 15.2 Å². The highest BCUT2D eigenvalue weighted by atomic mass is 35.5. The summed E-state index contributed by atoms with van der Waals surface area (Å²) >= 11 is 7.65. The number of aromatic nitrogens is 2. The maximum Gasteiger partial charge on any atom is 0.184 e. The Morgan fingerprint density at radius 1 is 1.26 bits per heavy atom. The quantitative estimate of drug-likeness (QED) is 0.723. The van der Waals surface area contributed by atoms with Crippen LogP contribution in [0.15, 0.2) is 24.3 Å². The first-order chi connectivity index (χ1) is 11.0. The van der Waals surface area contributed by atoms with Gasteiger partial charge in [0.1, 0.15) is 21.5 Å². The number of thiazole rings is 1. The number of nitrogens with one attached hydrogen (secondary N) is 1. The number of pyridine rings is 1. The molecule has 0 amide bonds. The van der Waals surface area contributed by atoms with Crippen molar-refractivity contribution in [3.8, 4) is 22.9 Å². The Morgan fingerprint density at radius 3 is 2.74 bits per heavy atom. The second-order valence-corrected chi connectivity index (χ2v) is 6.95. The lowest BCUT2D eigenvalue weighted by Gasteiger charge is -2.06. The zero-order valence-corrected chi connectivity index (χ0v) is 14.5. The third kappa shape index (κ3) is 3.18. The van der Waals surface area contributed by atoms with Crippen LogP contribution in [0.2, 0.25) is 4.34 Å². The summed E-state index contributed by atoms with van der Waals surface area (Å²) in [5, 5.41) is 14.9. The van der Waals surface area contributed by atoms with Crippen LogP contribution in [0.4, 0.5) is 5.13 Å². The highest BCUT2D eigenvalue weighted by Gasteiger charge is 2.16. The second-order valence-electron chi connectivity index (χ2n) is 5.35. The van der Waals surface area contributed by atoms with Crippen molar-refractivity contribution in [2.24, 2.45) is 0 Å². The Morgan fingerprint density at radius 2 is 2.04 bits per heavy atom. The molecule has 0 saturated heterocycles. The van der Waals surface area contributed by atoms with E-state index in [4.69, 9.17) is 16.3 Å². The molecular weight excluding hydrogens is 334 g/mol. The fourth-order valence-corrected chi connectivity index (χ4v) is 3.41. The van der Waals surface area contributed by atoms with Gasteiger partial charge in [-0.2, -0.15) is 0 Å². The molecule has 0 aliphatic carbocycles. The van der Waals surface area contributed by atoms with Crippen molar-refractivity contribution in [1.82, 2.24) is 9.97 Å². The summed E-state index contributed by atoms with van der Waals surface area (Å²) in [7, 11) is 1.59. The van der Waals surface area contributed by atoms with E-state index in [1.165, 1.54) is 11.3 Å². The summed E-state index contributed by atoms with van der Waals surface area (Å²) < 4.78 is 5.74. The molecule has 0 atom stereocenters. The van der Waals surface area contributed by atoms with Gasteiger partial charge in [0.25, 0.3) is 0 Å². The minimum absolute atomic E-state index is 0.134. The zero-order chi connectivity index (χ0) is 16.6. The summed E-state index contributed by atoms with van der Waals surface area (Å²) in [6, 6.07) is 7.16. The van der Waals surface area contributed by atoms with Crippen molar-refractivity contribution in [2.45, 2.75) is 19.9 Å². The Bertz CT molecular complexity index is 864. The lowest BCUT2D eigenvalue weighted by atomic mass is 10.1. The van der Waals surface area contributed by atoms with Crippen molar-refractivity contribution >= 4 is 39.0 Å². The molecule has 1 aromatic carbocycles. The minimum Gasteiger partial charge on any atom is -0.507 e. The highest BCUT2D eigenvalue weighted by Crippen LogP contribution is 2.37. The number of benzene rings is 1. The van der Waals surface area contributed by atoms with E-state index in [2.05, 4.69) is 15.3 Å². The second kappa shape index (κ2) is 6.22. The van der Waals surface area contributed by atoms with Crippen molar-refractivity contribution in [1.29, 1.82) is 0 Å². The lowest BCUT2D eigenvalue weighted by molar-refractivity contribution is 0.415. The number of anilines is 1. The largest absolute Gasteiger partial charge is 0.507 e. The number of fused-ring (bicyclic) bond motifs is 1. The lowest BCUT2D eigenvalue weighted by Crippen LogP contribution is -2.09. The van der Waals surface area contributed by atoms with Gasteiger partial charge >= 0.3 is 0 Å². The number of halogens is 1. The molecule has 0 fully saturated rings. The van der Waals surface area contributed by atoms with Gasteiger partial charge in [0.05, 0.1) is 18.3 Å². The molecule has 0 aliphatic rings. The predicted molar refractivity (Wildman–Crippen MR) is 94.8 cm³/mol. The van der Waals surface area contributed by atoms with Crippen LogP contribution in [-0.4, -0.2) is 28.2 Å². The van der Waals surface area contributed by atoms with E-state index in [1.54, 1.807) is 31.4 Å². The van der Waals surface area contributed by atoms with Gasteiger partial charge in [-0.3, -0.25) is 0 Å². The monoisotopic (exact) mass is 349 g/mol. The molecule has 2 aromatic heterocycles. The van der Waals surface area contributed by atoms with Crippen molar-refractivity contribution in [3.63, 3.8) is 0 Å². The van der Waals surface area contributed by atoms with E-state index in [1.807, 2.05) is 13.8 Å². The Hall–Kier alpha value is -2.05. The Kier molecular flexibility index (Phi) is 4.28. The molecule has 7 heteroatoms. The van der Waals surface area contributed by atoms with Crippen LogP contribution in [0.25, 0.3) is 22.3 Å². The van der Waals surface area contributed by atoms with E-state index < -0.39 is 0 Å². The number of hydrogen-bond donors (Lipinski definition) is 2. The summed E-state index contributed by atoms with van der Waals surface area (Å²) in [6.45, 7) is 4.06. The van der Waals surface area contributed by atoms with E-state index in [0.29, 0.717) is 32.4 Å². The number of methoxy groups -OCH3 is 1. The van der Waals surface area contributed by atoms with Crippen LogP contribution in [0.5, 0.6) is 11.5 Å². The summed E-state index contributed by atoms with van der Waals surface area (Å²) in [6.07, 6.45) is 0. The number of rotatable bonds is 4. The number of aromatic hydroxyl groups is 1. The minimum atomic E-state index is 0.134. The molecule has 0 aliphatic heterocycles. The number of hydrogen-bond acceptors (Lipinski definition) is 6. The third-order valence-corrected chi connectivity index (χ3v) is 4.42. The van der Waals surface area contributed by atoms with Crippen LogP contribution in [0, 0.1) is 0 Å².